The Morgan fingerprint density at radius 3 is 2.61 bits per heavy atom. The van der Waals surface area contributed by atoms with Crippen LogP contribution < -0.4 is 5.73 Å². The Morgan fingerprint density at radius 2 is 1.89 bits per heavy atom. The number of piperidine rings is 1. The van der Waals surface area contributed by atoms with E-state index in [-0.39, 0.29) is 24.0 Å². The number of ether oxygens (including phenoxy) is 2. The molecule has 0 saturated carbocycles. The van der Waals surface area contributed by atoms with Crippen LogP contribution in [0.1, 0.15) is 42.7 Å². The zero-order valence-electron chi connectivity index (χ0n) is 21.7. The van der Waals surface area contributed by atoms with E-state index in [1.807, 2.05) is 30.5 Å². The number of hydrogen-bond acceptors (Lipinski definition) is 5. The largest absolute Gasteiger partial charge is 0.381 e. The Balaban J connectivity index is 1.24. The fourth-order valence-corrected chi connectivity index (χ4v) is 7.18. The van der Waals surface area contributed by atoms with Crippen molar-refractivity contribution in [3.05, 3.63) is 59.8 Å². The van der Waals surface area contributed by atoms with E-state index in [2.05, 4.69) is 23.2 Å². The number of fused-ring (bicyclic) bond motifs is 1. The van der Waals surface area contributed by atoms with Crippen LogP contribution in [-0.4, -0.2) is 68.9 Å². The number of carbonyl (C=O) groups is 1. The predicted molar refractivity (Wildman–Crippen MR) is 148 cm³/mol. The van der Waals surface area contributed by atoms with Gasteiger partial charge in [-0.1, -0.05) is 30.3 Å². The highest BCUT2D eigenvalue weighted by atomic mass is 32.2. The monoisotopic (exact) mass is 539 g/mol. The van der Waals surface area contributed by atoms with E-state index in [0.29, 0.717) is 38.6 Å². The number of nitrogens with zero attached hydrogens (tertiary/aromatic N) is 1. The highest BCUT2D eigenvalue weighted by molar-refractivity contribution is 7.89. The fraction of sp³-hybridized carbons (Fsp3) is 0.483. The maximum absolute atomic E-state index is 13.0. The maximum Gasteiger partial charge on any atom is 0.221 e. The molecule has 1 atom stereocenters. The molecule has 1 amide bonds. The number of sulfonamides is 1. The molecule has 0 bridgehead atoms. The van der Waals surface area contributed by atoms with Crippen molar-refractivity contribution in [3.63, 3.8) is 0 Å². The molecule has 3 aromatic rings. The summed E-state index contributed by atoms with van der Waals surface area (Å²) >= 11 is 0. The molecule has 2 fully saturated rings. The quantitative estimate of drug-likeness (QED) is 0.360. The summed E-state index contributed by atoms with van der Waals surface area (Å²) in [5.74, 6) is 0.414. The first-order valence-electron chi connectivity index (χ1n) is 13.5. The number of aromatic amines is 1. The highest BCUT2D eigenvalue weighted by Crippen LogP contribution is 2.37. The minimum atomic E-state index is -3.31. The standard InChI is InChI=1S/C29H37N3O5S/c30-28(33)17-25-15-24(22-5-2-1-3-6-22)16-26-27(18-31-29(25)26)23-7-10-32(11-8-23)38(34,35)14-4-12-36-19-21-9-13-37-20-21/h1-3,5-6,15-16,18,21,23,31H,4,7-14,17,19-20H2,(H2,30,33). The van der Waals surface area contributed by atoms with E-state index >= 15 is 0 Å². The smallest absolute Gasteiger partial charge is 0.221 e. The summed E-state index contributed by atoms with van der Waals surface area (Å²) in [6.07, 6.45) is 5.21. The summed E-state index contributed by atoms with van der Waals surface area (Å²) in [5.41, 5.74) is 10.7. The minimum absolute atomic E-state index is 0.114. The third-order valence-electron chi connectivity index (χ3n) is 7.73. The van der Waals surface area contributed by atoms with Gasteiger partial charge in [0.1, 0.15) is 0 Å². The normalized spacial score (nSPS) is 19.3. The first-order valence-corrected chi connectivity index (χ1v) is 15.1. The third-order valence-corrected chi connectivity index (χ3v) is 9.69. The van der Waals surface area contributed by atoms with Crippen molar-refractivity contribution >= 4 is 26.8 Å². The van der Waals surface area contributed by atoms with Gasteiger partial charge in [-0.25, -0.2) is 12.7 Å². The van der Waals surface area contributed by atoms with E-state index < -0.39 is 10.0 Å². The summed E-state index contributed by atoms with van der Waals surface area (Å²) < 4.78 is 38.6. The number of aromatic nitrogens is 1. The number of hydrogen-bond donors (Lipinski definition) is 2. The first kappa shape index (κ1) is 26.9. The van der Waals surface area contributed by atoms with Crippen molar-refractivity contribution in [3.8, 4) is 11.1 Å². The Hall–Kier alpha value is -2.72. The second-order valence-corrected chi connectivity index (χ2v) is 12.5. The molecule has 2 aromatic carbocycles. The van der Waals surface area contributed by atoms with Crippen molar-refractivity contribution < 1.29 is 22.7 Å². The molecular formula is C29H37N3O5S. The summed E-state index contributed by atoms with van der Waals surface area (Å²) in [6.45, 7) is 3.64. The second kappa shape index (κ2) is 12.0. The lowest BCUT2D eigenvalue weighted by Crippen LogP contribution is -2.39. The van der Waals surface area contributed by atoms with Gasteiger partial charge in [-0.05, 0) is 66.0 Å². The minimum Gasteiger partial charge on any atom is -0.381 e. The van der Waals surface area contributed by atoms with E-state index in [1.165, 1.54) is 5.56 Å². The molecule has 8 nitrogen and oxygen atoms in total. The molecule has 2 saturated heterocycles. The van der Waals surface area contributed by atoms with E-state index in [1.54, 1.807) is 4.31 Å². The van der Waals surface area contributed by atoms with Crippen molar-refractivity contribution in [2.75, 3.05) is 45.3 Å². The van der Waals surface area contributed by atoms with Crippen LogP contribution in [0.3, 0.4) is 0 Å². The molecule has 2 aliphatic rings. The molecule has 38 heavy (non-hydrogen) atoms. The molecule has 0 spiro atoms. The Morgan fingerprint density at radius 1 is 1.11 bits per heavy atom. The fourth-order valence-electron chi connectivity index (χ4n) is 5.67. The second-order valence-electron chi connectivity index (χ2n) is 10.5. The van der Waals surface area contributed by atoms with Gasteiger partial charge in [-0.15, -0.1) is 0 Å². The van der Waals surface area contributed by atoms with Crippen molar-refractivity contribution in [1.82, 2.24) is 9.29 Å². The topological polar surface area (TPSA) is 115 Å². The molecule has 5 rings (SSSR count). The van der Waals surface area contributed by atoms with Gasteiger partial charge in [0.25, 0.3) is 0 Å². The zero-order valence-corrected chi connectivity index (χ0v) is 22.5. The summed E-state index contributed by atoms with van der Waals surface area (Å²) in [4.78, 5) is 15.2. The van der Waals surface area contributed by atoms with Gasteiger partial charge in [-0.3, -0.25) is 4.79 Å². The molecular weight excluding hydrogens is 502 g/mol. The summed E-state index contributed by atoms with van der Waals surface area (Å²) in [5, 5.41) is 1.08. The predicted octanol–water partition coefficient (Wildman–Crippen LogP) is 3.82. The molecule has 3 heterocycles. The maximum atomic E-state index is 13.0. The molecule has 0 aliphatic carbocycles. The summed E-state index contributed by atoms with van der Waals surface area (Å²) in [6, 6.07) is 14.3. The van der Waals surface area contributed by atoms with E-state index in [4.69, 9.17) is 15.2 Å². The van der Waals surface area contributed by atoms with Crippen LogP contribution in [0, 0.1) is 5.92 Å². The highest BCUT2D eigenvalue weighted by Gasteiger charge is 2.30. The number of benzene rings is 2. The number of nitrogens with one attached hydrogen (secondary N) is 1. The van der Waals surface area contributed by atoms with Crippen LogP contribution >= 0.6 is 0 Å². The summed E-state index contributed by atoms with van der Waals surface area (Å²) in [7, 11) is -3.31. The molecule has 2 aliphatic heterocycles. The van der Waals surface area contributed by atoms with Gasteiger partial charge >= 0.3 is 0 Å². The average molecular weight is 540 g/mol. The van der Waals surface area contributed by atoms with Gasteiger partial charge in [0.15, 0.2) is 0 Å². The van der Waals surface area contributed by atoms with Crippen LogP contribution in [0.15, 0.2) is 48.7 Å². The number of H-pyrrole nitrogens is 1. The number of rotatable bonds is 11. The number of amides is 1. The number of primary amides is 1. The number of nitrogens with two attached hydrogens (primary N) is 1. The van der Waals surface area contributed by atoms with Crippen LogP contribution in [0.4, 0.5) is 0 Å². The van der Waals surface area contributed by atoms with Gasteiger partial charge in [-0.2, -0.15) is 0 Å². The molecule has 1 unspecified atom stereocenters. The van der Waals surface area contributed by atoms with Crippen molar-refractivity contribution in [2.24, 2.45) is 11.7 Å². The Kier molecular flexibility index (Phi) is 8.48. The molecule has 9 heteroatoms. The average Bonchev–Trinajstić information content (AvgIpc) is 3.59. The van der Waals surface area contributed by atoms with Crippen molar-refractivity contribution in [1.29, 1.82) is 0 Å². The molecule has 204 valence electrons. The lowest BCUT2D eigenvalue weighted by molar-refractivity contribution is -0.117. The Bertz CT molecular complexity index is 1340. The van der Waals surface area contributed by atoms with Gasteiger partial charge in [0.2, 0.25) is 15.9 Å². The van der Waals surface area contributed by atoms with Crippen LogP contribution in [0.2, 0.25) is 0 Å². The molecule has 3 N–H and O–H groups in total. The van der Waals surface area contributed by atoms with Crippen LogP contribution in [0.25, 0.3) is 22.0 Å². The first-order chi connectivity index (χ1) is 18.4. The lowest BCUT2D eigenvalue weighted by atomic mass is 9.88. The molecule has 0 radical (unpaired) electrons. The van der Waals surface area contributed by atoms with Crippen LogP contribution in [-0.2, 0) is 30.7 Å². The lowest BCUT2D eigenvalue weighted by Gasteiger charge is -2.31. The molecule has 1 aromatic heterocycles. The van der Waals surface area contributed by atoms with Gasteiger partial charge in [0.05, 0.1) is 25.4 Å². The van der Waals surface area contributed by atoms with E-state index in [9.17, 15) is 13.2 Å². The van der Waals surface area contributed by atoms with Gasteiger partial charge < -0.3 is 20.2 Å². The van der Waals surface area contributed by atoms with Crippen LogP contribution in [0.5, 0.6) is 0 Å². The van der Waals surface area contributed by atoms with E-state index in [0.717, 1.165) is 60.1 Å². The number of carbonyl (C=O) groups excluding carboxylic acids is 1. The third kappa shape index (κ3) is 6.29. The van der Waals surface area contributed by atoms with Gasteiger partial charge in [0, 0.05) is 49.3 Å². The SMILES string of the molecule is NC(=O)Cc1cc(-c2ccccc2)cc2c(C3CCN(S(=O)(=O)CCCOCC4CCOC4)CC3)c[nH]c12. The Labute approximate surface area is 224 Å². The zero-order chi connectivity index (χ0) is 26.5. The van der Waals surface area contributed by atoms with Crippen molar-refractivity contribution in [2.45, 2.75) is 38.0 Å².